The summed E-state index contributed by atoms with van der Waals surface area (Å²) < 4.78 is 17.6. The van der Waals surface area contributed by atoms with Gasteiger partial charge in [-0.3, -0.25) is 9.59 Å². The van der Waals surface area contributed by atoms with Gasteiger partial charge in [-0.05, 0) is 89.9 Å². The molecule has 77 heavy (non-hydrogen) atoms. The van der Waals surface area contributed by atoms with Gasteiger partial charge in [-0.15, -0.1) is 0 Å². The van der Waals surface area contributed by atoms with Crippen molar-refractivity contribution in [3.05, 3.63) is 85.1 Å². The van der Waals surface area contributed by atoms with E-state index in [1.165, 1.54) is 128 Å². The van der Waals surface area contributed by atoms with E-state index in [0.29, 0.717) is 19.3 Å². The number of carbonyl (C=O) groups is 2. The van der Waals surface area contributed by atoms with Gasteiger partial charge in [0.25, 0.3) is 0 Å². The molecule has 1 fully saturated rings. The van der Waals surface area contributed by atoms with Crippen LogP contribution in [0, 0.1) is 0 Å². The summed E-state index contributed by atoms with van der Waals surface area (Å²) in [5.74, 6) is -1.26. The van der Waals surface area contributed by atoms with Crippen molar-refractivity contribution in [1.29, 1.82) is 0 Å². The fourth-order valence-electron chi connectivity index (χ4n) is 9.33. The van der Waals surface area contributed by atoms with Crippen LogP contribution in [0.25, 0.3) is 0 Å². The molecule has 444 valence electrons. The first-order chi connectivity index (χ1) is 37.7. The smallest absolute Gasteiger partial charge is 0.306 e. The minimum absolute atomic E-state index is 0.0421. The predicted molar refractivity (Wildman–Crippen MR) is 319 cm³/mol. The molecule has 1 amide bonds. The van der Waals surface area contributed by atoms with Crippen molar-refractivity contribution in [2.45, 2.75) is 307 Å². The van der Waals surface area contributed by atoms with Crippen LogP contribution in [0.15, 0.2) is 85.1 Å². The molecule has 0 aromatic heterocycles. The van der Waals surface area contributed by atoms with E-state index < -0.39 is 67.4 Å². The number of carbonyl (C=O) groups excluding carboxylic acids is 2. The number of hydrogen-bond donors (Lipinski definition) is 6. The van der Waals surface area contributed by atoms with Crippen molar-refractivity contribution in [3.63, 3.8) is 0 Å². The molecule has 6 N–H and O–H groups in total. The van der Waals surface area contributed by atoms with Gasteiger partial charge in [0.15, 0.2) is 12.4 Å². The molecule has 1 rings (SSSR count). The molecule has 1 heterocycles. The number of amides is 1. The molecule has 0 radical (unpaired) electrons. The van der Waals surface area contributed by atoms with E-state index in [0.717, 1.165) is 77.0 Å². The number of aliphatic hydroxyl groups is 5. The first kappa shape index (κ1) is 71.9. The van der Waals surface area contributed by atoms with E-state index in [4.69, 9.17) is 14.2 Å². The lowest BCUT2D eigenvalue weighted by Gasteiger charge is -2.41. The van der Waals surface area contributed by atoms with Gasteiger partial charge in [-0.2, -0.15) is 0 Å². The molecule has 0 aromatic rings. The molecule has 1 saturated heterocycles. The van der Waals surface area contributed by atoms with Crippen LogP contribution in [0.1, 0.15) is 258 Å². The van der Waals surface area contributed by atoms with Gasteiger partial charge in [-0.25, -0.2) is 0 Å². The number of esters is 1. The molecule has 1 aliphatic rings. The summed E-state index contributed by atoms with van der Waals surface area (Å²) in [7, 11) is 0. The molecular formula is C66H115NO10. The minimum atomic E-state index is -1.64. The van der Waals surface area contributed by atoms with Crippen molar-refractivity contribution >= 4 is 11.9 Å². The van der Waals surface area contributed by atoms with Crippen LogP contribution >= 0.6 is 0 Å². The highest BCUT2D eigenvalue weighted by Gasteiger charge is 2.47. The van der Waals surface area contributed by atoms with Crippen molar-refractivity contribution < 1.29 is 49.3 Å². The van der Waals surface area contributed by atoms with Crippen LogP contribution in [-0.4, -0.2) is 99.6 Å². The summed E-state index contributed by atoms with van der Waals surface area (Å²) in [5.41, 5.74) is 0. The van der Waals surface area contributed by atoms with E-state index in [2.05, 4.69) is 86.8 Å². The highest BCUT2D eigenvalue weighted by atomic mass is 16.7. The van der Waals surface area contributed by atoms with Crippen LogP contribution in [0.3, 0.4) is 0 Å². The Hall–Kier alpha value is -3.16. The fraction of sp³-hybridized carbons (Fsp3) is 0.758. The van der Waals surface area contributed by atoms with Gasteiger partial charge in [0.05, 0.1) is 25.4 Å². The van der Waals surface area contributed by atoms with Crippen molar-refractivity contribution in [2.75, 3.05) is 13.2 Å². The Bertz CT molecular complexity index is 1570. The lowest BCUT2D eigenvalue weighted by molar-refractivity contribution is -0.305. The maximum absolute atomic E-state index is 13.4. The molecule has 8 unspecified atom stereocenters. The number of nitrogens with one attached hydrogen (secondary N) is 1. The first-order valence-electron chi connectivity index (χ1n) is 31.4. The average Bonchev–Trinajstić information content (AvgIpc) is 3.43. The molecule has 0 spiro atoms. The van der Waals surface area contributed by atoms with Crippen molar-refractivity contribution in [1.82, 2.24) is 5.32 Å². The third-order valence-corrected chi connectivity index (χ3v) is 14.3. The summed E-state index contributed by atoms with van der Waals surface area (Å²) in [6.45, 7) is 5.65. The summed E-state index contributed by atoms with van der Waals surface area (Å²) in [4.78, 5) is 26.5. The topological polar surface area (TPSA) is 175 Å². The summed E-state index contributed by atoms with van der Waals surface area (Å²) in [5, 5.41) is 57.0. The molecule has 11 heteroatoms. The molecule has 0 saturated carbocycles. The Morgan fingerprint density at radius 3 is 1.42 bits per heavy atom. The normalized spacial score (nSPS) is 19.6. The van der Waals surface area contributed by atoms with Crippen LogP contribution in [0.4, 0.5) is 0 Å². The Balaban J connectivity index is 2.73. The largest absolute Gasteiger partial charge is 0.454 e. The average molecular weight is 1080 g/mol. The minimum Gasteiger partial charge on any atom is -0.454 e. The zero-order chi connectivity index (χ0) is 56.1. The van der Waals surface area contributed by atoms with Gasteiger partial charge >= 0.3 is 5.97 Å². The van der Waals surface area contributed by atoms with Crippen molar-refractivity contribution in [3.8, 4) is 0 Å². The third kappa shape index (κ3) is 41.5. The van der Waals surface area contributed by atoms with Gasteiger partial charge in [0, 0.05) is 6.42 Å². The van der Waals surface area contributed by atoms with E-state index in [-0.39, 0.29) is 19.4 Å². The van der Waals surface area contributed by atoms with Gasteiger partial charge < -0.3 is 45.1 Å². The number of ether oxygens (including phenoxy) is 3. The molecule has 11 nitrogen and oxygen atoms in total. The quantitative estimate of drug-likeness (QED) is 0.0195. The Kier molecular flexibility index (Phi) is 49.9. The van der Waals surface area contributed by atoms with Crippen LogP contribution < -0.4 is 5.32 Å². The second kappa shape index (κ2) is 53.5. The first-order valence-corrected chi connectivity index (χ1v) is 31.4. The second-order valence-corrected chi connectivity index (χ2v) is 21.4. The molecule has 0 aliphatic carbocycles. The van der Waals surface area contributed by atoms with Crippen LogP contribution in [-0.2, 0) is 23.8 Å². The summed E-state index contributed by atoms with van der Waals surface area (Å²) in [6.07, 6.45) is 59.1. The number of aliphatic hydroxyl groups excluding tert-OH is 5. The fourth-order valence-corrected chi connectivity index (χ4v) is 9.33. The monoisotopic (exact) mass is 1080 g/mol. The van der Waals surface area contributed by atoms with E-state index in [9.17, 15) is 35.1 Å². The van der Waals surface area contributed by atoms with Gasteiger partial charge in [0.2, 0.25) is 5.91 Å². The van der Waals surface area contributed by atoms with Crippen LogP contribution in [0.5, 0.6) is 0 Å². The molecule has 0 bridgehead atoms. The van der Waals surface area contributed by atoms with Gasteiger partial charge in [0.1, 0.15) is 24.4 Å². The summed E-state index contributed by atoms with van der Waals surface area (Å²) in [6, 6.07) is -1.04. The Morgan fingerprint density at radius 1 is 0.519 bits per heavy atom. The van der Waals surface area contributed by atoms with Crippen LogP contribution in [0.2, 0.25) is 0 Å². The zero-order valence-electron chi connectivity index (χ0n) is 49.1. The second-order valence-electron chi connectivity index (χ2n) is 21.4. The highest BCUT2D eigenvalue weighted by Crippen LogP contribution is 2.26. The molecular weight excluding hydrogens is 967 g/mol. The van der Waals surface area contributed by atoms with Gasteiger partial charge in [-0.1, -0.05) is 247 Å². The summed E-state index contributed by atoms with van der Waals surface area (Å²) >= 11 is 0. The highest BCUT2D eigenvalue weighted by molar-refractivity contribution is 5.80. The number of rotatable bonds is 52. The van der Waals surface area contributed by atoms with Crippen molar-refractivity contribution in [2.24, 2.45) is 0 Å². The van der Waals surface area contributed by atoms with E-state index >= 15 is 0 Å². The number of unbranched alkanes of at least 4 members (excludes halogenated alkanes) is 26. The maximum Gasteiger partial charge on any atom is 0.306 e. The SMILES string of the molecule is CC/C=C\C/C=C\C/C=C\C/C=C\C/C=C\CCCC(=O)OC1C(OCC(NC(=O)C(O)CCCCCCCCCC/C=C/CCCCCCCC)C(O)/C=C/CCCCCCCCCCCCC)OC(CO)C(O)C1O. The lowest BCUT2D eigenvalue weighted by Crippen LogP contribution is -2.61. The van der Waals surface area contributed by atoms with E-state index in [1.807, 2.05) is 18.2 Å². The lowest BCUT2D eigenvalue weighted by atomic mass is 9.99. The number of hydrogen-bond acceptors (Lipinski definition) is 10. The Labute approximate surface area is 470 Å². The number of allylic oxidation sites excluding steroid dienone is 13. The maximum atomic E-state index is 13.4. The predicted octanol–water partition coefficient (Wildman–Crippen LogP) is 14.9. The molecule has 1 aliphatic heterocycles. The Morgan fingerprint density at radius 2 is 0.935 bits per heavy atom. The zero-order valence-corrected chi connectivity index (χ0v) is 49.1. The standard InChI is InChI=1S/C66H115NO10/c1-4-7-10-13-16-19-22-25-27-29-31-32-35-38-41-44-47-50-53-59(70)65(74)67-57(58(69)52-49-46-43-40-37-34-24-21-18-15-12-9-6-3)56-75-66-64(63(73)62(72)60(55-68)76-66)77-61(71)54-51-48-45-42-39-36-33-30-28-26-23-20-17-14-11-8-5-2/h8,11,17,20,25-28,33,36,42,45,49,52,57-60,62-64,66,68-70,72-73H,4-7,9-10,12-16,18-19,21-24,29-32,34-35,37-41,43-44,46-48,50-51,53-56H2,1-3H3,(H,67,74)/b11-8-,20-17-,27-25+,28-26-,36-33-,45-42-,52-49+. The molecule has 8 atom stereocenters. The third-order valence-electron chi connectivity index (χ3n) is 14.3. The van der Waals surface area contributed by atoms with E-state index in [1.54, 1.807) is 6.08 Å². The molecule has 0 aromatic carbocycles.